The van der Waals surface area contributed by atoms with Crippen LogP contribution in [0.15, 0.2) is 17.5 Å². The third-order valence-corrected chi connectivity index (χ3v) is 5.60. The molecule has 2 heterocycles. The molecule has 5 nitrogen and oxygen atoms in total. The number of amides is 1. The van der Waals surface area contributed by atoms with Gasteiger partial charge in [0.15, 0.2) is 0 Å². The Morgan fingerprint density at radius 1 is 1.48 bits per heavy atom. The molecule has 6 heteroatoms. The first-order valence-electron chi connectivity index (χ1n) is 7.44. The molecule has 1 aliphatic carbocycles. The van der Waals surface area contributed by atoms with Gasteiger partial charge in [0.1, 0.15) is 0 Å². The van der Waals surface area contributed by atoms with Crippen molar-refractivity contribution in [3.8, 4) is 0 Å². The van der Waals surface area contributed by atoms with Gasteiger partial charge in [-0.15, -0.1) is 11.3 Å². The van der Waals surface area contributed by atoms with E-state index in [2.05, 4.69) is 10.6 Å². The van der Waals surface area contributed by atoms with Gasteiger partial charge in [0.2, 0.25) is 5.91 Å². The second-order valence-corrected chi connectivity index (χ2v) is 6.89. The molecule has 21 heavy (non-hydrogen) atoms. The van der Waals surface area contributed by atoms with E-state index in [-0.39, 0.29) is 18.4 Å². The Morgan fingerprint density at radius 2 is 2.33 bits per heavy atom. The van der Waals surface area contributed by atoms with E-state index in [0.717, 1.165) is 17.8 Å². The Morgan fingerprint density at radius 3 is 3.05 bits per heavy atom. The summed E-state index contributed by atoms with van der Waals surface area (Å²) in [4.78, 5) is 24.4. The topological polar surface area (TPSA) is 78.4 Å². The predicted molar refractivity (Wildman–Crippen MR) is 80.1 cm³/mol. The van der Waals surface area contributed by atoms with Crippen LogP contribution in [-0.2, 0) is 9.59 Å². The molecule has 1 saturated carbocycles. The first-order chi connectivity index (χ1) is 10.1. The third-order valence-electron chi connectivity index (χ3n) is 4.61. The maximum Gasteiger partial charge on any atom is 0.305 e. The average Bonchev–Trinajstić information content (AvgIpc) is 3.14. The van der Waals surface area contributed by atoms with Crippen molar-refractivity contribution in [3.63, 3.8) is 0 Å². The lowest BCUT2D eigenvalue weighted by molar-refractivity contribution is -0.137. The van der Waals surface area contributed by atoms with E-state index in [1.807, 2.05) is 17.5 Å². The number of hydrogen-bond donors (Lipinski definition) is 3. The molecule has 0 radical (unpaired) electrons. The first kappa shape index (κ1) is 14.5. The van der Waals surface area contributed by atoms with Gasteiger partial charge in [0.25, 0.3) is 0 Å². The molecule has 1 aromatic rings. The fourth-order valence-corrected chi connectivity index (χ4v) is 4.40. The number of hydrogen-bond acceptors (Lipinski definition) is 4. The van der Waals surface area contributed by atoms with Gasteiger partial charge in [-0.1, -0.05) is 12.5 Å². The minimum Gasteiger partial charge on any atom is -0.481 e. The maximum absolute atomic E-state index is 12.5. The van der Waals surface area contributed by atoms with E-state index in [1.54, 1.807) is 0 Å². The normalized spacial score (nSPS) is 29.0. The van der Waals surface area contributed by atoms with Crippen molar-refractivity contribution < 1.29 is 14.7 Å². The van der Waals surface area contributed by atoms with E-state index in [4.69, 9.17) is 5.11 Å². The van der Waals surface area contributed by atoms with Gasteiger partial charge >= 0.3 is 5.97 Å². The summed E-state index contributed by atoms with van der Waals surface area (Å²) in [6.07, 6.45) is 3.42. The second-order valence-electron chi connectivity index (χ2n) is 5.92. The minimum atomic E-state index is -0.896. The molecule has 2 aliphatic rings. The lowest BCUT2D eigenvalue weighted by atomic mass is 9.93. The average molecular weight is 308 g/mol. The Hall–Kier alpha value is -1.40. The van der Waals surface area contributed by atoms with Gasteiger partial charge < -0.3 is 15.7 Å². The number of aliphatic carboxylic acids is 1. The lowest BCUT2D eigenvalue weighted by Crippen LogP contribution is -2.45. The monoisotopic (exact) mass is 308 g/mol. The van der Waals surface area contributed by atoms with Crippen molar-refractivity contribution >= 4 is 23.2 Å². The predicted octanol–water partition coefficient (Wildman–Crippen LogP) is 1.77. The molecule has 4 unspecified atom stereocenters. The molecule has 3 N–H and O–H groups in total. The molecule has 1 amide bonds. The van der Waals surface area contributed by atoms with Crippen molar-refractivity contribution in [2.75, 3.05) is 6.54 Å². The molecular formula is C15H20N2O3S. The highest BCUT2D eigenvalue weighted by Crippen LogP contribution is 2.38. The lowest BCUT2D eigenvalue weighted by Gasteiger charge is -2.22. The number of carbonyl (C=O) groups is 2. The molecule has 2 fully saturated rings. The maximum atomic E-state index is 12.5. The Balaban J connectivity index is 1.67. The van der Waals surface area contributed by atoms with E-state index in [1.165, 1.54) is 24.2 Å². The van der Waals surface area contributed by atoms with Gasteiger partial charge in [-0.05, 0) is 42.7 Å². The largest absolute Gasteiger partial charge is 0.481 e. The summed E-state index contributed by atoms with van der Waals surface area (Å²) in [5.41, 5.74) is 0. The van der Waals surface area contributed by atoms with E-state index < -0.39 is 12.0 Å². The molecule has 1 aliphatic heterocycles. The zero-order valence-electron chi connectivity index (χ0n) is 11.7. The van der Waals surface area contributed by atoms with Crippen LogP contribution in [0.5, 0.6) is 0 Å². The number of carboxylic acids is 1. The molecule has 3 rings (SSSR count). The zero-order chi connectivity index (χ0) is 14.8. The summed E-state index contributed by atoms with van der Waals surface area (Å²) in [5.74, 6) is 0.0788. The van der Waals surface area contributed by atoms with Crippen molar-refractivity contribution in [2.24, 2.45) is 11.8 Å². The number of carboxylic acid groups (broad SMARTS) is 1. The van der Waals surface area contributed by atoms with Gasteiger partial charge in [-0.3, -0.25) is 9.59 Å². The zero-order valence-corrected chi connectivity index (χ0v) is 12.6. The second kappa shape index (κ2) is 6.15. The number of fused-ring (bicyclic) bond motifs is 1. The quantitative estimate of drug-likeness (QED) is 0.774. The van der Waals surface area contributed by atoms with Crippen LogP contribution in [0.25, 0.3) is 0 Å². The number of nitrogens with one attached hydrogen (secondary N) is 2. The van der Waals surface area contributed by atoms with Gasteiger partial charge in [0, 0.05) is 4.88 Å². The summed E-state index contributed by atoms with van der Waals surface area (Å²) in [6, 6.07) is 3.16. The molecule has 0 bridgehead atoms. The smallest absolute Gasteiger partial charge is 0.305 e. The van der Waals surface area contributed by atoms with Crippen molar-refractivity contribution in [3.05, 3.63) is 22.4 Å². The number of rotatable bonds is 5. The van der Waals surface area contributed by atoms with Gasteiger partial charge in [-0.2, -0.15) is 0 Å². The van der Waals surface area contributed by atoms with Crippen LogP contribution in [0.4, 0.5) is 0 Å². The van der Waals surface area contributed by atoms with Crippen LogP contribution in [0.2, 0.25) is 0 Å². The van der Waals surface area contributed by atoms with Crippen LogP contribution in [0.1, 0.15) is 36.6 Å². The van der Waals surface area contributed by atoms with Crippen molar-refractivity contribution in [1.82, 2.24) is 10.6 Å². The molecule has 0 aromatic carbocycles. The first-order valence-corrected chi connectivity index (χ1v) is 8.32. The van der Waals surface area contributed by atoms with Crippen LogP contribution in [0.3, 0.4) is 0 Å². The molecule has 1 aromatic heterocycles. The summed E-state index contributed by atoms with van der Waals surface area (Å²) in [6.45, 7) is 0.908. The van der Waals surface area contributed by atoms with Crippen molar-refractivity contribution in [1.29, 1.82) is 0 Å². The summed E-state index contributed by atoms with van der Waals surface area (Å²) in [5, 5.41) is 17.2. The van der Waals surface area contributed by atoms with E-state index >= 15 is 0 Å². The van der Waals surface area contributed by atoms with Crippen molar-refractivity contribution in [2.45, 2.75) is 37.8 Å². The fraction of sp³-hybridized carbons (Fsp3) is 0.600. The highest BCUT2D eigenvalue weighted by molar-refractivity contribution is 7.10. The molecule has 0 spiro atoms. The highest BCUT2D eigenvalue weighted by Gasteiger charge is 2.42. The highest BCUT2D eigenvalue weighted by atomic mass is 32.1. The fourth-order valence-electron chi connectivity index (χ4n) is 3.62. The molecule has 4 atom stereocenters. The third kappa shape index (κ3) is 3.11. The SMILES string of the molecule is O=C(O)CC(NC(=O)C1NCC2CCCC21)c1cccs1. The summed E-state index contributed by atoms with van der Waals surface area (Å²) < 4.78 is 0. The van der Waals surface area contributed by atoms with E-state index in [0.29, 0.717) is 11.8 Å². The Labute approximate surface area is 127 Å². The Bertz CT molecular complexity index is 517. The van der Waals surface area contributed by atoms with Crippen LogP contribution in [0, 0.1) is 11.8 Å². The standard InChI is InChI=1S/C15H20N2O3S/c18-13(19)7-11(12-5-2-6-21-12)17-15(20)14-10-4-1-3-9(10)8-16-14/h2,5-6,9-11,14,16H,1,3-4,7-8H2,(H,17,20)(H,18,19). The van der Waals surface area contributed by atoms with E-state index in [9.17, 15) is 9.59 Å². The molecular weight excluding hydrogens is 288 g/mol. The van der Waals surface area contributed by atoms with Crippen LogP contribution in [-0.4, -0.2) is 29.6 Å². The molecule has 114 valence electrons. The summed E-state index contributed by atoms with van der Waals surface area (Å²) >= 11 is 1.48. The van der Waals surface area contributed by atoms with Crippen LogP contribution < -0.4 is 10.6 Å². The number of carbonyl (C=O) groups excluding carboxylic acids is 1. The van der Waals surface area contributed by atoms with Gasteiger partial charge in [-0.25, -0.2) is 0 Å². The van der Waals surface area contributed by atoms with Gasteiger partial charge in [0.05, 0.1) is 18.5 Å². The van der Waals surface area contributed by atoms with Crippen LogP contribution >= 0.6 is 11.3 Å². The minimum absolute atomic E-state index is 0.0518. The Kier molecular flexibility index (Phi) is 4.26. The number of thiophene rings is 1. The molecule has 1 saturated heterocycles. The summed E-state index contributed by atoms with van der Waals surface area (Å²) in [7, 11) is 0.